The van der Waals surface area contributed by atoms with Crippen LogP contribution >= 0.6 is 0 Å². The van der Waals surface area contributed by atoms with E-state index in [0.29, 0.717) is 30.2 Å². The smallest absolute Gasteiger partial charge is 0.333 e. The van der Waals surface area contributed by atoms with Crippen LogP contribution in [0.3, 0.4) is 0 Å². The minimum atomic E-state index is -0.530. The van der Waals surface area contributed by atoms with Crippen molar-refractivity contribution in [3.63, 3.8) is 0 Å². The molecule has 9 nitrogen and oxygen atoms in total. The van der Waals surface area contributed by atoms with Gasteiger partial charge in [-0.1, -0.05) is 37.3 Å². The zero-order valence-corrected chi connectivity index (χ0v) is 20.1. The summed E-state index contributed by atoms with van der Waals surface area (Å²) in [6.07, 6.45) is 5.60. The summed E-state index contributed by atoms with van der Waals surface area (Å²) in [5, 5.41) is 0. The molecule has 1 saturated carbocycles. The number of aromatic nitrogens is 4. The van der Waals surface area contributed by atoms with E-state index in [4.69, 9.17) is 4.74 Å². The summed E-state index contributed by atoms with van der Waals surface area (Å²) in [5.74, 6) is 0.440. The van der Waals surface area contributed by atoms with Gasteiger partial charge in [0.2, 0.25) is 5.91 Å². The third-order valence-corrected chi connectivity index (χ3v) is 6.92. The molecule has 1 amide bonds. The highest BCUT2D eigenvalue weighted by Crippen LogP contribution is 2.26. The number of likely N-dealkylation sites (N-methyl/N-ethyl adjacent to an activating group) is 1. The van der Waals surface area contributed by atoms with Gasteiger partial charge in [0, 0.05) is 26.7 Å². The maximum Gasteiger partial charge on any atom is 0.333 e. The van der Waals surface area contributed by atoms with Crippen LogP contribution in [0.1, 0.15) is 38.2 Å². The minimum Gasteiger partial charge on any atom is -0.383 e. The number of hydrogen-bond donors (Lipinski definition) is 0. The summed E-state index contributed by atoms with van der Waals surface area (Å²) in [7, 11) is 3.36. The first-order valence-corrected chi connectivity index (χ1v) is 11.9. The lowest BCUT2D eigenvalue weighted by molar-refractivity contribution is -0.133. The summed E-state index contributed by atoms with van der Waals surface area (Å²) < 4.78 is 9.39. The normalized spacial score (nSPS) is 18.3. The van der Waals surface area contributed by atoms with Crippen LogP contribution < -0.4 is 11.2 Å². The summed E-state index contributed by atoms with van der Waals surface area (Å²) in [5.41, 5.74) is 0.486. The summed E-state index contributed by atoms with van der Waals surface area (Å²) in [6, 6.07) is 9.67. The van der Waals surface area contributed by atoms with Gasteiger partial charge in [-0.3, -0.25) is 14.2 Å². The largest absolute Gasteiger partial charge is 0.383 e. The average molecular weight is 468 g/mol. The van der Waals surface area contributed by atoms with Gasteiger partial charge in [-0.05, 0) is 37.2 Å². The van der Waals surface area contributed by atoms with Crippen molar-refractivity contribution in [2.75, 3.05) is 20.8 Å². The maximum atomic E-state index is 13.5. The Morgan fingerprint density at radius 1 is 1.12 bits per heavy atom. The fraction of sp³-hybridized carbons (Fsp3) is 0.520. The van der Waals surface area contributed by atoms with E-state index in [1.807, 2.05) is 30.3 Å². The topological polar surface area (TPSA) is 91.4 Å². The molecule has 1 aliphatic carbocycles. The fourth-order valence-corrected chi connectivity index (χ4v) is 4.73. The third-order valence-electron chi connectivity index (χ3n) is 6.92. The molecule has 0 atom stereocenters. The van der Waals surface area contributed by atoms with E-state index < -0.39 is 11.2 Å². The van der Waals surface area contributed by atoms with Crippen LogP contribution in [0.2, 0.25) is 0 Å². The predicted molar refractivity (Wildman–Crippen MR) is 130 cm³/mol. The first-order valence-electron chi connectivity index (χ1n) is 11.9. The molecule has 182 valence electrons. The highest BCUT2D eigenvalue weighted by atomic mass is 16.5. The Morgan fingerprint density at radius 3 is 2.50 bits per heavy atom. The molecule has 34 heavy (non-hydrogen) atoms. The van der Waals surface area contributed by atoms with E-state index in [1.54, 1.807) is 30.0 Å². The maximum absolute atomic E-state index is 13.5. The van der Waals surface area contributed by atoms with Crippen molar-refractivity contribution in [2.45, 2.75) is 58.3 Å². The van der Waals surface area contributed by atoms with Crippen molar-refractivity contribution < 1.29 is 9.53 Å². The van der Waals surface area contributed by atoms with Crippen LogP contribution in [0, 0.1) is 5.92 Å². The van der Waals surface area contributed by atoms with Gasteiger partial charge in [0.25, 0.3) is 5.56 Å². The third kappa shape index (κ3) is 4.84. The number of methoxy groups -OCH3 is 1. The SMILES string of the molecule is COCCn1cnc2c1c(=O)n(CC(=O)N(C)C1CCC(C)CC1)c(=O)n2Cc1ccccc1. The molecule has 2 heterocycles. The molecule has 1 aromatic carbocycles. The number of fused-ring (bicyclic) bond motifs is 1. The van der Waals surface area contributed by atoms with Gasteiger partial charge in [0.1, 0.15) is 6.54 Å². The lowest BCUT2D eigenvalue weighted by Crippen LogP contribution is -2.47. The van der Waals surface area contributed by atoms with E-state index in [9.17, 15) is 14.4 Å². The molecule has 9 heteroatoms. The van der Waals surface area contributed by atoms with Gasteiger partial charge in [0.15, 0.2) is 11.2 Å². The van der Waals surface area contributed by atoms with Crippen molar-refractivity contribution in [2.24, 2.45) is 5.92 Å². The Labute approximate surface area is 198 Å². The first-order chi connectivity index (χ1) is 16.4. The Hall–Kier alpha value is -3.20. The molecular formula is C25H33N5O4. The van der Waals surface area contributed by atoms with Gasteiger partial charge in [-0.25, -0.2) is 14.3 Å². The first kappa shape index (κ1) is 23.9. The van der Waals surface area contributed by atoms with Crippen molar-refractivity contribution >= 4 is 17.1 Å². The van der Waals surface area contributed by atoms with Crippen molar-refractivity contribution in [3.05, 3.63) is 63.1 Å². The monoisotopic (exact) mass is 467 g/mol. The molecular weight excluding hydrogens is 434 g/mol. The lowest BCUT2D eigenvalue weighted by Gasteiger charge is -2.33. The van der Waals surface area contributed by atoms with Gasteiger partial charge in [-0.15, -0.1) is 0 Å². The molecule has 0 saturated heterocycles. The van der Waals surface area contributed by atoms with Crippen molar-refractivity contribution in [1.29, 1.82) is 0 Å². The number of amides is 1. The van der Waals surface area contributed by atoms with Crippen LogP contribution in [-0.2, 0) is 29.2 Å². The van der Waals surface area contributed by atoms with Crippen LogP contribution in [0.15, 0.2) is 46.2 Å². The number of rotatable bonds is 8. The molecule has 1 aliphatic rings. The van der Waals surface area contributed by atoms with Crippen LogP contribution in [0.5, 0.6) is 0 Å². The second-order valence-corrected chi connectivity index (χ2v) is 9.27. The van der Waals surface area contributed by atoms with Crippen LogP contribution in [0.25, 0.3) is 11.2 Å². The second kappa shape index (κ2) is 10.4. The Morgan fingerprint density at radius 2 is 1.82 bits per heavy atom. The molecule has 3 aromatic rings. The number of ether oxygens (including phenoxy) is 1. The molecule has 0 radical (unpaired) electrons. The molecule has 1 fully saturated rings. The van der Waals surface area contributed by atoms with Gasteiger partial charge in [0.05, 0.1) is 19.5 Å². The number of benzene rings is 1. The Balaban J connectivity index is 1.73. The summed E-state index contributed by atoms with van der Waals surface area (Å²) in [4.78, 5) is 46.2. The highest BCUT2D eigenvalue weighted by Gasteiger charge is 2.26. The molecule has 0 spiro atoms. The zero-order valence-electron chi connectivity index (χ0n) is 20.1. The van der Waals surface area contributed by atoms with E-state index in [1.165, 1.54) is 4.57 Å². The molecule has 0 N–H and O–H groups in total. The van der Waals surface area contributed by atoms with E-state index >= 15 is 0 Å². The number of nitrogens with zero attached hydrogens (tertiary/aromatic N) is 5. The van der Waals surface area contributed by atoms with E-state index in [0.717, 1.165) is 35.8 Å². The Bertz CT molecular complexity index is 1250. The quantitative estimate of drug-likeness (QED) is 0.506. The van der Waals surface area contributed by atoms with Gasteiger partial charge < -0.3 is 14.2 Å². The standard InChI is InChI=1S/C25H33N5O4/c1-18-9-11-20(12-10-18)27(2)21(31)16-30-24(32)22-23(26-17-28(22)13-14-34-3)29(25(30)33)15-19-7-5-4-6-8-19/h4-8,17-18,20H,9-16H2,1-3H3. The van der Waals surface area contributed by atoms with E-state index in [-0.39, 0.29) is 25.0 Å². The molecule has 0 bridgehead atoms. The number of imidazole rings is 1. The van der Waals surface area contributed by atoms with Crippen LogP contribution in [-0.4, -0.2) is 56.3 Å². The summed E-state index contributed by atoms with van der Waals surface area (Å²) in [6.45, 7) is 3.00. The van der Waals surface area contributed by atoms with Crippen LogP contribution in [0.4, 0.5) is 0 Å². The van der Waals surface area contributed by atoms with Gasteiger partial charge >= 0.3 is 5.69 Å². The predicted octanol–water partition coefficient (Wildman–Crippen LogP) is 2.09. The average Bonchev–Trinajstić information content (AvgIpc) is 3.27. The van der Waals surface area contributed by atoms with Crippen molar-refractivity contribution in [3.8, 4) is 0 Å². The van der Waals surface area contributed by atoms with Gasteiger partial charge in [-0.2, -0.15) is 0 Å². The van der Waals surface area contributed by atoms with E-state index in [2.05, 4.69) is 11.9 Å². The Kier molecular flexibility index (Phi) is 7.31. The zero-order chi connectivity index (χ0) is 24.2. The summed E-state index contributed by atoms with van der Waals surface area (Å²) >= 11 is 0. The molecule has 0 unspecified atom stereocenters. The fourth-order valence-electron chi connectivity index (χ4n) is 4.73. The second-order valence-electron chi connectivity index (χ2n) is 9.27. The minimum absolute atomic E-state index is 0.141. The lowest BCUT2D eigenvalue weighted by atomic mass is 9.87. The molecule has 0 aliphatic heterocycles. The number of carbonyl (C=O) groups is 1. The molecule has 2 aromatic heterocycles. The number of carbonyl (C=O) groups excluding carboxylic acids is 1. The van der Waals surface area contributed by atoms with Crippen molar-refractivity contribution in [1.82, 2.24) is 23.6 Å². The molecule has 4 rings (SSSR count). The highest BCUT2D eigenvalue weighted by molar-refractivity contribution is 5.77. The number of hydrogen-bond acceptors (Lipinski definition) is 5.